The van der Waals surface area contributed by atoms with Crippen LogP contribution in [0.5, 0.6) is 0 Å². The van der Waals surface area contributed by atoms with E-state index < -0.39 is 5.91 Å². The number of imidazole rings is 1. The van der Waals surface area contributed by atoms with Gasteiger partial charge < -0.3 is 9.88 Å². The first-order chi connectivity index (χ1) is 7.61. The molecule has 82 valence electrons. The Bertz CT molecular complexity index is 572. The van der Waals surface area contributed by atoms with Crippen molar-refractivity contribution in [3.8, 4) is 0 Å². The number of nitrogens with zero attached hydrogens (tertiary/aromatic N) is 2. The van der Waals surface area contributed by atoms with Crippen LogP contribution < -0.4 is 5.32 Å². The highest BCUT2D eigenvalue weighted by atomic mass is 16.2. The third-order valence-corrected chi connectivity index (χ3v) is 2.48. The van der Waals surface area contributed by atoms with Crippen LogP contribution in [0.1, 0.15) is 5.82 Å². The molecule has 0 unspecified atom stereocenters. The largest absolute Gasteiger partial charge is 0.331 e. The third-order valence-electron chi connectivity index (χ3n) is 2.48. The molecule has 5 nitrogen and oxygen atoms in total. The molecule has 0 atom stereocenters. The molecule has 2 aromatic rings. The normalized spacial score (nSPS) is 10.4. The molecule has 16 heavy (non-hydrogen) atoms. The molecule has 2 rings (SSSR count). The predicted octanol–water partition coefficient (Wildman–Crippen LogP) is 1.02. The monoisotopic (exact) mass is 217 g/mol. The van der Waals surface area contributed by atoms with Gasteiger partial charge in [0.1, 0.15) is 5.82 Å². The summed E-state index contributed by atoms with van der Waals surface area (Å²) >= 11 is 0. The van der Waals surface area contributed by atoms with Crippen LogP contribution in [0, 0.1) is 6.92 Å². The number of rotatable bonds is 2. The van der Waals surface area contributed by atoms with Crippen molar-refractivity contribution in [1.29, 1.82) is 0 Å². The smallest absolute Gasteiger partial charge is 0.288 e. The highest BCUT2D eigenvalue weighted by Crippen LogP contribution is 2.19. The van der Waals surface area contributed by atoms with E-state index in [-0.39, 0.29) is 6.29 Å². The Hall–Kier alpha value is -2.17. The molecule has 5 heteroatoms. The van der Waals surface area contributed by atoms with Gasteiger partial charge in [0.05, 0.1) is 11.0 Å². The molecular weight excluding hydrogens is 206 g/mol. The zero-order chi connectivity index (χ0) is 11.7. The van der Waals surface area contributed by atoms with Crippen LogP contribution in [0.4, 0.5) is 5.69 Å². The zero-order valence-electron chi connectivity index (χ0n) is 9.02. The molecule has 0 saturated carbocycles. The van der Waals surface area contributed by atoms with Crippen LogP contribution in [0.15, 0.2) is 18.2 Å². The predicted molar refractivity (Wildman–Crippen MR) is 60.1 cm³/mol. The lowest BCUT2D eigenvalue weighted by Crippen LogP contribution is -2.11. The van der Waals surface area contributed by atoms with Crippen molar-refractivity contribution >= 4 is 28.9 Å². The van der Waals surface area contributed by atoms with Gasteiger partial charge in [-0.25, -0.2) is 4.98 Å². The van der Waals surface area contributed by atoms with E-state index in [1.807, 2.05) is 24.6 Å². The quantitative estimate of drug-likeness (QED) is 0.603. The summed E-state index contributed by atoms with van der Waals surface area (Å²) in [4.78, 5) is 25.4. The van der Waals surface area contributed by atoms with Crippen LogP contribution in [0.25, 0.3) is 11.0 Å². The summed E-state index contributed by atoms with van der Waals surface area (Å²) < 4.78 is 1.96. The number of aryl methyl sites for hydroxylation is 2. The minimum Gasteiger partial charge on any atom is -0.331 e. The minimum absolute atomic E-state index is 0.244. The Kier molecular flexibility index (Phi) is 2.44. The molecule has 0 fully saturated rings. The topological polar surface area (TPSA) is 64.0 Å². The fourth-order valence-electron chi connectivity index (χ4n) is 1.57. The molecule has 0 aliphatic heterocycles. The van der Waals surface area contributed by atoms with Gasteiger partial charge in [0.15, 0.2) is 0 Å². The van der Waals surface area contributed by atoms with Crippen LogP contribution in [0.3, 0.4) is 0 Å². The molecule has 1 N–H and O–H groups in total. The number of anilines is 1. The van der Waals surface area contributed by atoms with Gasteiger partial charge in [0, 0.05) is 12.7 Å². The first-order valence-corrected chi connectivity index (χ1v) is 4.81. The number of nitrogens with one attached hydrogen (secondary N) is 1. The molecule has 1 heterocycles. The lowest BCUT2D eigenvalue weighted by atomic mass is 10.2. The van der Waals surface area contributed by atoms with E-state index in [2.05, 4.69) is 10.3 Å². The van der Waals surface area contributed by atoms with Crippen LogP contribution >= 0.6 is 0 Å². The number of hydrogen-bond acceptors (Lipinski definition) is 3. The standard InChI is InChI=1S/C11H11N3O2/c1-7-12-9-5-8(13-11(16)6-15)3-4-10(9)14(7)2/h3-6H,1-2H3,(H,13,16). The second-order valence-electron chi connectivity index (χ2n) is 3.53. The molecule has 1 aromatic carbocycles. The summed E-state index contributed by atoms with van der Waals surface area (Å²) in [5.74, 6) is 0.237. The molecule has 0 saturated heterocycles. The summed E-state index contributed by atoms with van der Waals surface area (Å²) in [5.41, 5.74) is 2.35. The highest BCUT2D eigenvalue weighted by molar-refractivity contribution is 6.29. The van der Waals surface area contributed by atoms with E-state index >= 15 is 0 Å². The Labute approximate surface area is 92.1 Å². The van der Waals surface area contributed by atoms with E-state index in [1.54, 1.807) is 12.1 Å². The number of carbonyl (C=O) groups is 2. The second-order valence-corrected chi connectivity index (χ2v) is 3.53. The number of amides is 1. The molecule has 1 amide bonds. The van der Waals surface area contributed by atoms with E-state index in [0.29, 0.717) is 5.69 Å². The van der Waals surface area contributed by atoms with Crippen molar-refractivity contribution < 1.29 is 9.59 Å². The summed E-state index contributed by atoms with van der Waals surface area (Å²) in [7, 11) is 1.92. The van der Waals surface area contributed by atoms with Crippen molar-refractivity contribution in [3.05, 3.63) is 24.0 Å². The summed E-state index contributed by atoms with van der Waals surface area (Å²) in [6.07, 6.45) is 0.244. The fourth-order valence-corrected chi connectivity index (χ4v) is 1.57. The maximum absolute atomic E-state index is 10.9. The Morgan fingerprint density at radius 1 is 1.50 bits per heavy atom. The summed E-state index contributed by atoms with van der Waals surface area (Å²) in [5, 5.41) is 2.46. The van der Waals surface area contributed by atoms with Gasteiger partial charge >= 0.3 is 0 Å². The van der Waals surface area contributed by atoms with Crippen molar-refractivity contribution in [3.63, 3.8) is 0 Å². The van der Waals surface area contributed by atoms with Crippen molar-refractivity contribution in [2.45, 2.75) is 6.92 Å². The zero-order valence-corrected chi connectivity index (χ0v) is 9.02. The Morgan fingerprint density at radius 3 is 2.94 bits per heavy atom. The maximum Gasteiger partial charge on any atom is 0.288 e. The van der Waals surface area contributed by atoms with Gasteiger partial charge in [0.25, 0.3) is 5.91 Å². The number of hydrogen-bond donors (Lipinski definition) is 1. The van der Waals surface area contributed by atoms with E-state index in [9.17, 15) is 9.59 Å². The summed E-state index contributed by atoms with van der Waals surface area (Å²) in [6, 6.07) is 5.34. The SMILES string of the molecule is Cc1nc2cc(NC(=O)C=O)ccc2n1C. The van der Waals surface area contributed by atoms with E-state index in [1.165, 1.54) is 0 Å². The molecule has 0 radical (unpaired) electrons. The number of fused-ring (bicyclic) bond motifs is 1. The van der Waals surface area contributed by atoms with E-state index in [0.717, 1.165) is 16.9 Å². The number of aromatic nitrogens is 2. The maximum atomic E-state index is 10.9. The van der Waals surface area contributed by atoms with Crippen molar-refractivity contribution in [2.75, 3.05) is 5.32 Å². The van der Waals surface area contributed by atoms with Crippen molar-refractivity contribution in [1.82, 2.24) is 9.55 Å². The Morgan fingerprint density at radius 2 is 2.25 bits per heavy atom. The lowest BCUT2D eigenvalue weighted by Gasteiger charge is -2.01. The summed E-state index contributed by atoms with van der Waals surface area (Å²) in [6.45, 7) is 1.91. The first-order valence-electron chi connectivity index (χ1n) is 4.81. The minimum atomic E-state index is -0.660. The van der Waals surface area contributed by atoms with Gasteiger partial charge in [-0.2, -0.15) is 0 Å². The molecular formula is C11H11N3O2. The highest BCUT2D eigenvalue weighted by Gasteiger charge is 2.06. The Balaban J connectivity index is 2.44. The van der Waals surface area contributed by atoms with Crippen LogP contribution in [0.2, 0.25) is 0 Å². The number of aldehydes is 1. The van der Waals surface area contributed by atoms with Crippen LogP contribution in [-0.2, 0) is 16.6 Å². The van der Waals surface area contributed by atoms with Crippen molar-refractivity contribution in [2.24, 2.45) is 7.05 Å². The molecule has 1 aromatic heterocycles. The third kappa shape index (κ3) is 1.67. The molecule has 0 aliphatic carbocycles. The fraction of sp³-hybridized carbons (Fsp3) is 0.182. The number of benzene rings is 1. The van der Waals surface area contributed by atoms with Gasteiger partial charge in [-0.1, -0.05) is 0 Å². The average molecular weight is 217 g/mol. The van der Waals surface area contributed by atoms with Gasteiger partial charge in [-0.3, -0.25) is 9.59 Å². The van der Waals surface area contributed by atoms with Gasteiger partial charge in [-0.15, -0.1) is 0 Å². The molecule has 0 bridgehead atoms. The molecule has 0 aliphatic rings. The average Bonchev–Trinajstić information content (AvgIpc) is 2.54. The van der Waals surface area contributed by atoms with E-state index in [4.69, 9.17) is 0 Å². The lowest BCUT2D eigenvalue weighted by molar-refractivity contribution is -0.127. The van der Waals surface area contributed by atoms with Crippen LogP contribution in [-0.4, -0.2) is 21.7 Å². The number of carbonyl (C=O) groups excluding carboxylic acids is 2. The van der Waals surface area contributed by atoms with Gasteiger partial charge in [0.2, 0.25) is 6.29 Å². The van der Waals surface area contributed by atoms with Gasteiger partial charge in [-0.05, 0) is 25.1 Å². The molecule has 0 spiro atoms. The first kappa shape index (κ1) is 10.4. The second kappa shape index (κ2) is 3.77.